The van der Waals surface area contributed by atoms with Gasteiger partial charge < -0.3 is 15.2 Å². The number of hydrogen-bond donors (Lipinski definition) is 2. The van der Waals surface area contributed by atoms with Crippen LogP contribution >= 0.6 is 0 Å². The number of aromatic nitrogens is 3. The van der Waals surface area contributed by atoms with Crippen molar-refractivity contribution in [1.29, 1.82) is 0 Å². The van der Waals surface area contributed by atoms with Crippen LogP contribution in [0.4, 0.5) is 5.69 Å². The van der Waals surface area contributed by atoms with E-state index in [-0.39, 0.29) is 29.7 Å². The highest BCUT2D eigenvalue weighted by molar-refractivity contribution is 7.89. The van der Waals surface area contributed by atoms with Gasteiger partial charge in [-0.05, 0) is 30.3 Å². The molecule has 2 aromatic heterocycles. The summed E-state index contributed by atoms with van der Waals surface area (Å²) in [5.74, 6) is 0.0200. The summed E-state index contributed by atoms with van der Waals surface area (Å²) in [5.41, 5.74) is 1.88. The molecule has 11 heteroatoms. The first-order valence-electron chi connectivity index (χ1n) is 10.7. The molecule has 2 heterocycles. The molecule has 0 fully saturated rings. The van der Waals surface area contributed by atoms with Crippen LogP contribution in [0.5, 0.6) is 0 Å². The van der Waals surface area contributed by atoms with Crippen molar-refractivity contribution in [2.45, 2.75) is 31.6 Å². The van der Waals surface area contributed by atoms with Crippen LogP contribution in [0.1, 0.15) is 26.1 Å². The van der Waals surface area contributed by atoms with E-state index >= 15 is 0 Å². The number of carbonyl (C=O) groups excluding carboxylic acids is 2. The number of carbonyl (C=O) groups is 2. The van der Waals surface area contributed by atoms with E-state index < -0.39 is 10.0 Å². The zero-order valence-electron chi connectivity index (χ0n) is 18.9. The van der Waals surface area contributed by atoms with Gasteiger partial charge in [0, 0.05) is 39.2 Å². The van der Waals surface area contributed by atoms with Crippen LogP contribution in [0.15, 0.2) is 47.6 Å². The number of fused-ring (bicyclic) bond motifs is 1. The van der Waals surface area contributed by atoms with E-state index in [4.69, 9.17) is 0 Å². The maximum atomic E-state index is 12.8. The van der Waals surface area contributed by atoms with Crippen LogP contribution in [0.2, 0.25) is 0 Å². The number of aryl methyl sites for hydroxylation is 2. The SMILES string of the molecule is CCN(CC)S(=O)(=O)c1ccc2c(c1)nc(CCC(=O)NCC(=O)Nc1cccnc1)n2C. The largest absolute Gasteiger partial charge is 0.347 e. The third-order valence-corrected chi connectivity index (χ3v) is 7.30. The van der Waals surface area contributed by atoms with Gasteiger partial charge in [0.1, 0.15) is 5.82 Å². The monoisotopic (exact) mass is 472 g/mol. The van der Waals surface area contributed by atoms with Crippen LogP contribution in [-0.2, 0) is 33.1 Å². The first kappa shape index (κ1) is 24.3. The van der Waals surface area contributed by atoms with Crippen molar-refractivity contribution in [3.05, 3.63) is 48.5 Å². The zero-order valence-corrected chi connectivity index (χ0v) is 19.7. The fourth-order valence-electron chi connectivity index (χ4n) is 3.46. The van der Waals surface area contributed by atoms with Crippen molar-refractivity contribution in [1.82, 2.24) is 24.2 Å². The number of benzene rings is 1. The van der Waals surface area contributed by atoms with Crippen LogP contribution in [0.3, 0.4) is 0 Å². The lowest BCUT2D eigenvalue weighted by Crippen LogP contribution is -2.33. The lowest BCUT2D eigenvalue weighted by Gasteiger charge is -2.18. The molecule has 0 bridgehead atoms. The van der Waals surface area contributed by atoms with Crippen molar-refractivity contribution in [3.63, 3.8) is 0 Å². The second kappa shape index (κ2) is 10.5. The topological polar surface area (TPSA) is 126 Å². The van der Waals surface area contributed by atoms with E-state index in [0.29, 0.717) is 36.5 Å². The van der Waals surface area contributed by atoms with E-state index in [1.165, 1.54) is 10.5 Å². The molecule has 10 nitrogen and oxygen atoms in total. The molecule has 2 amide bonds. The van der Waals surface area contributed by atoms with Crippen molar-refractivity contribution in [2.75, 3.05) is 25.0 Å². The summed E-state index contributed by atoms with van der Waals surface area (Å²) in [4.78, 5) is 32.8. The van der Waals surface area contributed by atoms with Gasteiger partial charge in [0.05, 0.1) is 34.4 Å². The quantitative estimate of drug-likeness (QED) is 0.462. The van der Waals surface area contributed by atoms with E-state index in [1.807, 2.05) is 11.6 Å². The molecule has 0 unspecified atom stereocenters. The highest BCUT2D eigenvalue weighted by Gasteiger charge is 2.22. The normalized spacial score (nSPS) is 11.6. The van der Waals surface area contributed by atoms with Gasteiger partial charge in [0.15, 0.2) is 0 Å². The number of nitrogens with zero attached hydrogens (tertiary/aromatic N) is 4. The van der Waals surface area contributed by atoms with Gasteiger partial charge in [-0.15, -0.1) is 0 Å². The van der Waals surface area contributed by atoms with Gasteiger partial charge in [-0.3, -0.25) is 14.6 Å². The molecular weight excluding hydrogens is 444 g/mol. The molecular formula is C22H28N6O4S. The van der Waals surface area contributed by atoms with Gasteiger partial charge in [0.2, 0.25) is 21.8 Å². The molecule has 0 atom stereocenters. The molecule has 33 heavy (non-hydrogen) atoms. The Morgan fingerprint density at radius 2 is 1.88 bits per heavy atom. The Bertz CT molecular complexity index is 1240. The molecule has 2 N–H and O–H groups in total. The number of hydrogen-bond acceptors (Lipinski definition) is 6. The Labute approximate surface area is 193 Å². The van der Waals surface area contributed by atoms with E-state index in [2.05, 4.69) is 20.6 Å². The smallest absolute Gasteiger partial charge is 0.243 e. The van der Waals surface area contributed by atoms with Crippen LogP contribution in [0.25, 0.3) is 11.0 Å². The Morgan fingerprint density at radius 1 is 1.12 bits per heavy atom. The number of anilines is 1. The van der Waals surface area contributed by atoms with Gasteiger partial charge >= 0.3 is 0 Å². The first-order chi connectivity index (χ1) is 15.8. The zero-order chi connectivity index (χ0) is 24.0. The number of rotatable bonds is 10. The fraction of sp³-hybridized carbons (Fsp3) is 0.364. The highest BCUT2D eigenvalue weighted by Crippen LogP contribution is 2.22. The van der Waals surface area contributed by atoms with E-state index in [9.17, 15) is 18.0 Å². The molecule has 1 aromatic carbocycles. The number of nitrogens with one attached hydrogen (secondary N) is 2. The fourth-order valence-corrected chi connectivity index (χ4v) is 4.94. The molecule has 176 valence electrons. The average molecular weight is 473 g/mol. The third-order valence-electron chi connectivity index (χ3n) is 5.26. The van der Waals surface area contributed by atoms with Gasteiger partial charge in [-0.25, -0.2) is 13.4 Å². The first-order valence-corrected chi connectivity index (χ1v) is 12.1. The second-order valence-corrected chi connectivity index (χ2v) is 9.33. The maximum absolute atomic E-state index is 12.8. The van der Waals surface area contributed by atoms with Crippen molar-refractivity contribution < 1.29 is 18.0 Å². The summed E-state index contributed by atoms with van der Waals surface area (Å²) < 4.78 is 28.8. The summed E-state index contributed by atoms with van der Waals surface area (Å²) in [6.45, 7) is 4.22. The molecule has 0 aliphatic rings. The number of sulfonamides is 1. The summed E-state index contributed by atoms with van der Waals surface area (Å²) in [5, 5.41) is 5.23. The molecule has 3 rings (SSSR count). The van der Waals surface area contributed by atoms with Gasteiger partial charge in [-0.2, -0.15) is 4.31 Å². The molecule has 0 aliphatic carbocycles. The molecule has 0 radical (unpaired) electrons. The molecule has 3 aromatic rings. The minimum Gasteiger partial charge on any atom is -0.347 e. The predicted octanol–water partition coefficient (Wildman–Crippen LogP) is 1.69. The van der Waals surface area contributed by atoms with Gasteiger partial charge in [0.25, 0.3) is 0 Å². The van der Waals surface area contributed by atoms with E-state index in [0.717, 1.165) is 5.52 Å². The minimum absolute atomic E-state index is 0.141. The van der Waals surface area contributed by atoms with Gasteiger partial charge in [-0.1, -0.05) is 13.8 Å². The Kier molecular flexibility index (Phi) is 7.77. The van der Waals surface area contributed by atoms with Crippen LogP contribution in [0, 0.1) is 0 Å². The molecule has 0 aliphatic heterocycles. The van der Waals surface area contributed by atoms with Crippen molar-refractivity contribution in [2.24, 2.45) is 7.05 Å². The summed E-state index contributed by atoms with van der Waals surface area (Å²) in [7, 11) is -1.76. The number of pyridine rings is 1. The number of imidazole rings is 1. The predicted molar refractivity (Wildman–Crippen MR) is 125 cm³/mol. The third kappa shape index (κ3) is 5.74. The Balaban J connectivity index is 1.61. The lowest BCUT2D eigenvalue weighted by molar-refractivity contribution is -0.124. The molecule has 0 saturated heterocycles. The standard InChI is InChI=1S/C22H28N6O4S/c1-4-28(5-2)33(31,32)17-8-9-19-18(13-17)26-20(27(19)3)10-11-21(29)24-15-22(30)25-16-7-6-12-23-14-16/h6-9,12-14H,4-5,10-11,15H2,1-3H3,(H,24,29)(H,25,30). The lowest BCUT2D eigenvalue weighted by atomic mass is 10.3. The van der Waals surface area contributed by atoms with E-state index in [1.54, 1.807) is 50.4 Å². The Hall–Kier alpha value is -3.31. The van der Waals surface area contributed by atoms with Crippen LogP contribution < -0.4 is 10.6 Å². The molecule has 0 spiro atoms. The summed E-state index contributed by atoms with van der Waals surface area (Å²) in [6.07, 6.45) is 3.61. The summed E-state index contributed by atoms with van der Waals surface area (Å²) in [6, 6.07) is 8.28. The van der Waals surface area contributed by atoms with Crippen molar-refractivity contribution in [3.8, 4) is 0 Å². The molecule has 0 saturated carbocycles. The highest BCUT2D eigenvalue weighted by atomic mass is 32.2. The minimum atomic E-state index is -3.58. The summed E-state index contributed by atoms with van der Waals surface area (Å²) >= 11 is 0. The number of amides is 2. The Morgan fingerprint density at radius 3 is 2.55 bits per heavy atom. The maximum Gasteiger partial charge on any atom is 0.243 e. The van der Waals surface area contributed by atoms with Crippen LogP contribution in [-0.4, -0.2) is 58.7 Å². The van der Waals surface area contributed by atoms with Crippen molar-refractivity contribution >= 4 is 38.6 Å². The second-order valence-electron chi connectivity index (χ2n) is 7.39. The average Bonchev–Trinajstić information content (AvgIpc) is 3.12.